The summed E-state index contributed by atoms with van der Waals surface area (Å²) < 4.78 is 7.83. The predicted octanol–water partition coefficient (Wildman–Crippen LogP) is 6.02. The molecule has 1 amide bonds. The number of aryl methyl sites for hydroxylation is 3. The zero-order valence-corrected chi connectivity index (χ0v) is 23.5. The summed E-state index contributed by atoms with van der Waals surface area (Å²) >= 11 is 6.04. The molecule has 0 saturated heterocycles. The normalized spacial score (nSPS) is 10.8. The largest absolute Gasteiger partial charge is 0.424 e. The highest BCUT2D eigenvalue weighted by Crippen LogP contribution is 2.44. The van der Waals surface area contributed by atoms with Crippen LogP contribution in [0.2, 0.25) is 5.02 Å². The summed E-state index contributed by atoms with van der Waals surface area (Å²) in [7, 11) is 1.91. The second kappa shape index (κ2) is 11.1. The third-order valence-electron chi connectivity index (χ3n) is 6.81. The van der Waals surface area contributed by atoms with E-state index in [1.165, 1.54) is 18.5 Å². The second-order valence-electron chi connectivity index (χ2n) is 9.46. The van der Waals surface area contributed by atoms with Gasteiger partial charge in [0, 0.05) is 30.9 Å². The van der Waals surface area contributed by atoms with E-state index < -0.39 is 0 Å². The lowest BCUT2D eigenvalue weighted by atomic mass is 9.95. The maximum absolute atomic E-state index is 11.7. The number of nitrogens with zero attached hydrogens (tertiary/aromatic N) is 5. The van der Waals surface area contributed by atoms with Crippen molar-refractivity contribution in [2.75, 3.05) is 5.73 Å². The van der Waals surface area contributed by atoms with Crippen molar-refractivity contribution in [3.63, 3.8) is 0 Å². The van der Waals surface area contributed by atoms with Crippen molar-refractivity contribution in [3.05, 3.63) is 94.9 Å². The molecule has 0 atom stereocenters. The maximum Gasteiger partial charge on any atom is 0.322 e. The van der Waals surface area contributed by atoms with Gasteiger partial charge in [0.15, 0.2) is 0 Å². The molecule has 0 aliphatic carbocycles. The second-order valence-corrected chi connectivity index (χ2v) is 9.87. The Morgan fingerprint density at radius 1 is 1.20 bits per heavy atom. The molecular weight excluding hydrogens is 538 g/mol. The van der Waals surface area contributed by atoms with Crippen molar-refractivity contribution < 1.29 is 9.53 Å². The van der Waals surface area contributed by atoms with E-state index in [4.69, 9.17) is 22.1 Å². The standard InChI is InChI=1S/C31H26ClN7O2/c1-5-25(40)35-14-19-6-11-23(17(2)12-19)29-26(27-28(39(29)4)21(13-33)15-36-30(27)34)20-7-9-22(10-8-20)41-31-37-16-24(32)18(3)38-31/h5-12,15-16H,1,14H2,2-4H3,(H2,34,36)(H,35,40). The minimum atomic E-state index is -0.236. The molecule has 0 bridgehead atoms. The molecule has 5 aromatic rings. The molecular formula is C31H26ClN7O2. The first kappa shape index (κ1) is 27.4. The van der Waals surface area contributed by atoms with Crippen LogP contribution in [0.1, 0.15) is 22.4 Å². The fourth-order valence-electron chi connectivity index (χ4n) is 4.82. The van der Waals surface area contributed by atoms with Gasteiger partial charge in [-0.3, -0.25) is 4.79 Å². The van der Waals surface area contributed by atoms with Gasteiger partial charge in [0.2, 0.25) is 5.91 Å². The van der Waals surface area contributed by atoms with Crippen LogP contribution in [0.25, 0.3) is 33.3 Å². The third kappa shape index (κ3) is 5.21. The molecule has 10 heteroatoms. The monoisotopic (exact) mass is 563 g/mol. The Kier molecular flexibility index (Phi) is 7.42. The average Bonchev–Trinajstić information content (AvgIpc) is 3.28. The zero-order valence-electron chi connectivity index (χ0n) is 22.7. The number of amides is 1. The van der Waals surface area contributed by atoms with E-state index in [9.17, 15) is 10.1 Å². The summed E-state index contributed by atoms with van der Waals surface area (Å²) in [6, 6.07) is 15.9. The van der Waals surface area contributed by atoms with Crippen LogP contribution in [-0.2, 0) is 18.4 Å². The number of nitrogen functional groups attached to an aromatic ring is 1. The molecule has 0 fully saturated rings. The highest BCUT2D eigenvalue weighted by molar-refractivity contribution is 6.31. The number of fused-ring (bicyclic) bond motifs is 1. The fourth-order valence-corrected chi connectivity index (χ4v) is 4.92. The van der Waals surface area contributed by atoms with Gasteiger partial charge in [-0.25, -0.2) is 9.97 Å². The number of rotatable bonds is 7. The molecule has 2 aromatic carbocycles. The number of benzene rings is 2. The minimum absolute atomic E-state index is 0.192. The number of nitriles is 1. The van der Waals surface area contributed by atoms with Gasteiger partial charge in [0.25, 0.3) is 0 Å². The molecule has 3 heterocycles. The molecule has 0 spiro atoms. The quantitative estimate of drug-likeness (QED) is 0.231. The smallest absolute Gasteiger partial charge is 0.322 e. The van der Waals surface area contributed by atoms with Crippen molar-refractivity contribution in [2.24, 2.45) is 7.05 Å². The van der Waals surface area contributed by atoms with Gasteiger partial charge in [0.1, 0.15) is 17.6 Å². The number of hydrogen-bond acceptors (Lipinski definition) is 7. The van der Waals surface area contributed by atoms with E-state index >= 15 is 0 Å². The number of ether oxygens (including phenoxy) is 1. The topological polar surface area (TPSA) is 132 Å². The number of anilines is 1. The Labute approximate surface area is 241 Å². The molecule has 204 valence electrons. The number of nitrogens with one attached hydrogen (secondary N) is 1. The molecule has 3 N–H and O–H groups in total. The highest BCUT2D eigenvalue weighted by atomic mass is 35.5. The Bertz CT molecular complexity index is 1870. The van der Waals surface area contributed by atoms with Gasteiger partial charge in [-0.15, -0.1) is 0 Å². The van der Waals surface area contributed by atoms with Gasteiger partial charge >= 0.3 is 6.01 Å². The van der Waals surface area contributed by atoms with E-state index in [1.54, 1.807) is 6.92 Å². The summed E-state index contributed by atoms with van der Waals surface area (Å²) in [6.45, 7) is 7.66. The highest BCUT2D eigenvalue weighted by Gasteiger charge is 2.24. The maximum atomic E-state index is 11.7. The van der Waals surface area contributed by atoms with Crippen LogP contribution >= 0.6 is 11.6 Å². The lowest BCUT2D eigenvalue weighted by molar-refractivity contribution is -0.116. The predicted molar refractivity (Wildman–Crippen MR) is 159 cm³/mol. The SMILES string of the molecule is C=CC(=O)NCc1ccc(-c2c(-c3ccc(Oc4ncc(Cl)c(C)n4)cc3)c3c(N)ncc(C#N)c3n2C)c(C)c1. The van der Waals surface area contributed by atoms with Gasteiger partial charge in [-0.05, 0) is 48.7 Å². The van der Waals surface area contributed by atoms with Crippen molar-refractivity contribution in [3.8, 4) is 40.2 Å². The van der Waals surface area contributed by atoms with Crippen LogP contribution in [0.4, 0.5) is 5.82 Å². The summed E-state index contributed by atoms with van der Waals surface area (Å²) in [4.78, 5) is 24.4. The van der Waals surface area contributed by atoms with Crippen LogP contribution in [0.15, 0.2) is 67.5 Å². The third-order valence-corrected chi connectivity index (χ3v) is 7.18. The number of nitrogens with two attached hydrogens (primary N) is 1. The summed E-state index contributed by atoms with van der Waals surface area (Å²) in [5.41, 5.74) is 13.6. The fraction of sp³-hybridized carbons (Fsp3) is 0.129. The first-order chi connectivity index (χ1) is 19.7. The molecule has 0 aliphatic heterocycles. The summed E-state index contributed by atoms with van der Waals surface area (Å²) in [6.07, 6.45) is 4.24. The van der Waals surface area contributed by atoms with E-state index in [0.29, 0.717) is 45.3 Å². The Balaban J connectivity index is 1.64. The lowest BCUT2D eigenvalue weighted by Gasteiger charge is -2.14. The molecule has 5 rings (SSSR count). The van der Waals surface area contributed by atoms with Gasteiger partial charge < -0.3 is 20.4 Å². The molecule has 41 heavy (non-hydrogen) atoms. The van der Waals surface area contributed by atoms with Crippen molar-refractivity contribution in [2.45, 2.75) is 20.4 Å². The van der Waals surface area contributed by atoms with Gasteiger partial charge in [0.05, 0.1) is 39.1 Å². The number of aromatic nitrogens is 4. The Hall–Kier alpha value is -5.20. The van der Waals surface area contributed by atoms with E-state index in [2.05, 4.69) is 32.9 Å². The Morgan fingerprint density at radius 3 is 2.61 bits per heavy atom. The molecule has 3 aromatic heterocycles. The van der Waals surface area contributed by atoms with Crippen LogP contribution in [0.5, 0.6) is 11.8 Å². The van der Waals surface area contributed by atoms with Crippen LogP contribution in [-0.4, -0.2) is 25.4 Å². The van der Waals surface area contributed by atoms with Crippen LogP contribution in [0.3, 0.4) is 0 Å². The number of halogens is 1. The van der Waals surface area contributed by atoms with E-state index in [-0.39, 0.29) is 11.9 Å². The molecule has 0 saturated carbocycles. The zero-order chi connectivity index (χ0) is 29.3. The minimum Gasteiger partial charge on any atom is -0.424 e. The number of carbonyl (C=O) groups excluding carboxylic acids is 1. The van der Waals surface area contributed by atoms with Crippen molar-refractivity contribution >= 4 is 34.2 Å². The first-order valence-electron chi connectivity index (χ1n) is 12.7. The van der Waals surface area contributed by atoms with Crippen molar-refractivity contribution in [1.82, 2.24) is 24.8 Å². The molecule has 0 radical (unpaired) electrons. The van der Waals surface area contributed by atoms with E-state index in [1.807, 2.05) is 61.0 Å². The number of carbonyl (C=O) groups is 1. The van der Waals surface area contributed by atoms with Crippen molar-refractivity contribution in [1.29, 1.82) is 5.26 Å². The summed E-state index contributed by atoms with van der Waals surface area (Å²) in [5, 5.41) is 13.9. The molecule has 0 aliphatic rings. The lowest BCUT2D eigenvalue weighted by Crippen LogP contribution is -2.19. The van der Waals surface area contributed by atoms with Crippen LogP contribution in [0, 0.1) is 25.2 Å². The van der Waals surface area contributed by atoms with Gasteiger partial charge in [-0.1, -0.05) is 48.5 Å². The summed E-state index contributed by atoms with van der Waals surface area (Å²) in [5.74, 6) is 0.630. The van der Waals surface area contributed by atoms with Gasteiger partial charge in [-0.2, -0.15) is 10.2 Å². The number of hydrogen-bond donors (Lipinski definition) is 2. The first-order valence-corrected chi connectivity index (χ1v) is 13.0. The Morgan fingerprint density at radius 2 is 1.95 bits per heavy atom. The average molecular weight is 564 g/mol. The van der Waals surface area contributed by atoms with E-state index in [0.717, 1.165) is 33.5 Å². The molecule has 0 unspecified atom stereocenters. The number of pyridine rings is 1. The molecule has 9 nitrogen and oxygen atoms in total. The van der Waals surface area contributed by atoms with Crippen LogP contribution < -0.4 is 15.8 Å².